The fraction of sp³-hybridized carbons (Fsp3) is 0.875. The maximum absolute atomic E-state index is 13.0. The molecule has 3 aliphatic rings. The SMILES string of the molecule is CCC1C(=O)NC2(CCCC2)C(=O)N1CC1CCCC1. The smallest absolute Gasteiger partial charge is 0.249 e. The Labute approximate surface area is 121 Å². The van der Waals surface area contributed by atoms with Crippen molar-refractivity contribution in [3.05, 3.63) is 0 Å². The summed E-state index contributed by atoms with van der Waals surface area (Å²) in [7, 11) is 0. The van der Waals surface area contributed by atoms with E-state index in [1.165, 1.54) is 25.7 Å². The Hall–Kier alpha value is -1.06. The first kappa shape index (κ1) is 13.9. The van der Waals surface area contributed by atoms with Crippen molar-refractivity contribution in [3.63, 3.8) is 0 Å². The number of carbonyl (C=O) groups is 2. The second-order valence-corrected chi connectivity index (χ2v) is 6.81. The molecule has 1 spiro atoms. The molecule has 112 valence electrons. The number of nitrogens with zero attached hydrogens (tertiary/aromatic N) is 1. The zero-order valence-corrected chi connectivity index (χ0v) is 12.5. The van der Waals surface area contributed by atoms with Gasteiger partial charge < -0.3 is 10.2 Å². The van der Waals surface area contributed by atoms with Gasteiger partial charge >= 0.3 is 0 Å². The average Bonchev–Trinajstić information content (AvgIpc) is 3.08. The van der Waals surface area contributed by atoms with Gasteiger partial charge in [0.1, 0.15) is 11.6 Å². The molecule has 1 aliphatic heterocycles. The van der Waals surface area contributed by atoms with Crippen LogP contribution in [0.25, 0.3) is 0 Å². The lowest BCUT2D eigenvalue weighted by molar-refractivity contribution is -0.155. The number of hydrogen-bond acceptors (Lipinski definition) is 2. The topological polar surface area (TPSA) is 49.4 Å². The molecule has 1 atom stereocenters. The van der Waals surface area contributed by atoms with Crippen molar-refractivity contribution in [2.24, 2.45) is 5.92 Å². The summed E-state index contributed by atoms with van der Waals surface area (Å²) in [6.07, 6.45) is 9.48. The van der Waals surface area contributed by atoms with Crippen molar-refractivity contribution in [2.75, 3.05) is 6.54 Å². The van der Waals surface area contributed by atoms with Crippen LogP contribution in [0.2, 0.25) is 0 Å². The Morgan fingerprint density at radius 3 is 2.40 bits per heavy atom. The van der Waals surface area contributed by atoms with Gasteiger partial charge in [0.15, 0.2) is 0 Å². The summed E-state index contributed by atoms with van der Waals surface area (Å²) < 4.78 is 0. The summed E-state index contributed by atoms with van der Waals surface area (Å²) in [5.41, 5.74) is -0.554. The van der Waals surface area contributed by atoms with E-state index in [2.05, 4.69) is 5.32 Å². The van der Waals surface area contributed by atoms with Crippen molar-refractivity contribution in [3.8, 4) is 0 Å². The Morgan fingerprint density at radius 1 is 1.15 bits per heavy atom. The third-order valence-corrected chi connectivity index (χ3v) is 5.49. The molecule has 1 unspecified atom stereocenters. The minimum atomic E-state index is -0.554. The quantitative estimate of drug-likeness (QED) is 0.860. The van der Waals surface area contributed by atoms with E-state index in [9.17, 15) is 9.59 Å². The predicted molar refractivity (Wildman–Crippen MR) is 77.1 cm³/mol. The Bertz CT molecular complexity index is 395. The highest BCUT2D eigenvalue weighted by Gasteiger charge is 2.51. The molecule has 3 fully saturated rings. The summed E-state index contributed by atoms with van der Waals surface area (Å²) in [4.78, 5) is 27.3. The van der Waals surface area contributed by atoms with Crippen LogP contribution in [0.3, 0.4) is 0 Å². The number of piperazine rings is 1. The highest BCUT2D eigenvalue weighted by atomic mass is 16.2. The van der Waals surface area contributed by atoms with Gasteiger partial charge in [0, 0.05) is 6.54 Å². The minimum Gasteiger partial charge on any atom is -0.340 e. The van der Waals surface area contributed by atoms with Gasteiger partial charge in [-0.15, -0.1) is 0 Å². The molecule has 2 amide bonds. The second-order valence-electron chi connectivity index (χ2n) is 6.81. The molecule has 0 aromatic carbocycles. The van der Waals surface area contributed by atoms with Crippen LogP contribution in [-0.4, -0.2) is 34.8 Å². The van der Waals surface area contributed by atoms with Crippen LogP contribution in [0.5, 0.6) is 0 Å². The van der Waals surface area contributed by atoms with Crippen LogP contribution in [0, 0.1) is 5.92 Å². The first-order chi connectivity index (χ1) is 9.66. The van der Waals surface area contributed by atoms with E-state index in [4.69, 9.17) is 0 Å². The van der Waals surface area contributed by atoms with Crippen LogP contribution < -0.4 is 5.32 Å². The van der Waals surface area contributed by atoms with E-state index < -0.39 is 5.54 Å². The molecule has 20 heavy (non-hydrogen) atoms. The third kappa shape index (κ3) is 2.23. The molecular formula is C16H26N2O2. The third-order valence-electron chi connectivity index (χ3n) is 5.49. The number of carbonyl (C=O) groups excluding carboxylic acids is 2. The summed E-state index contributed by atoms with van der Waals surface area (Å²) in [6, 6.07) is -0.241. The van der Waals surface area contributed by atoms with Crippen molar-refractivity contribution in [1.29, 1.82) is 0 Å². The zero-order valence-electron chi connectivity index (χ0n) is 12.5. The number of nitrogens with one attached hydrogen (secondary N) is 1. The van der Waals surface area contributed by atoms with Gasteiger partial charge in [0.2, 0.25) is 11.8 Å². The van der Waals surface area contributed by atoms with Crippen LogP contribution in [0.1, 0.15) is 64.7 Å². The average molecular weight is 278 g/mol. The Kier molecular flexibility index (Phi) is 3.74. The number of hydrogen-bond donors (Lipinski definition) is 1. The molecule has 4 nitrogen and oxygen atoms in total. The van der Waals surface area contributed by atoms with Crippen LogP contribution in [0.15, 0.2) is 0 Å². The van der Waals surface area contributed by atoms with Gasteiger partial charge in [-0.1, -0.05) is 32.6 Å². The highest BCUT2D eigenvalue weighted by Crippen LogP contribution is 2.36. The molecular weight excluding hydrogens is 252 g/mol. The van der Waals surface area contributed by atoms with Crippen LogP contribution in [0.4, 0.5) is 0 Å². The molecule has 2 aliphatic carbocycles. The highest BCUT2D eigenvalue weighted by molar-refractivity contribution is 6.00. The van der Waals surface area contributed by atoms with Crippen molar-refractivity contribution in [2.45, 2.75) is 76.3 Å². The predicted octanol–water partition coefficient (Wildman–Crippen LogP) is 2.23. The first-order valence-corrected chi connectivity index (χ1v) is 8.29. The largest absolute Gasteiger partial charge is 0.340 e. The zero-order chi connectivity index (χ0) is 14.2. The van der Waals surface area contributed by atoms with Crippen LogP contribution in [-0.2, 0) is 9.59 Å². The Balaban J connectivity index is 1.81. The summed E-state index contributed by atoms with van der Waals surface area (Å²) >= 11 is 0. The first-order valence-electron chi connectivity index (χ1n) is 8.29. The molecule has 0 bridgehead atoms. The normalized spacial score (nSPS) is 30.2. The molecule has 1 heterocycles. The lowest BCUT2D eigenvalue weighted by Gasteiger charge is -2.45. The van der Waals surface area contributed by atoms with E-state index in [0.717, 1.165) is 38.6 Å². The summed E-state index contributed by atoms with van der Waals surface area (Å²) in [5, 5.41) is 3.07. The van der Waals surface area contributed by atoms with Gasteiger partial charge in [-0.25, -0.2) is 0 Å². The van der Waals surface area contributed by atoms with Crippen molar-refractivity contribution in [1.82, 2.24) is 10.2 Å². The molecule has 4 heteroatoms. The lowest BCUT2D eigenvalue weighted by atomic mass is 9.89. The van der Waals surface area contributed by atoms with E-state index in [1.807, 2.05) is 11.8 Å². The maximum atomic E-state index is 13.0. The van der Waals surface area contributed by atoms with Crippen molar-refractivity contribution < 1.29 is 9.59 Å². The number of rotatable bonds is 3. The van der Waals surface area contributed by atoms with E-state index in [-0.39, 0.29) is 17.9 Å². The minimum absolute atomic E-state index is 0.0759. The van der Waals surface area contributed by atoms with Gasteiger partial charge in [-0.3, -0.25) is 9.59 Å². The second kappa shape index (κ2) is 5.38. The maximum Gasteiger partial charge on any atom is 0.249 e. The van der Waals surface area contributed by atoms with E-state index in [0.29, 0.717) is 5.92 Å². The molecule has 3 rings (SSSR count). The van der Waals surface area contributed by atoms with E-state index in [1.54, 1.807) is 0 Å². The molecule has 2 saturated carbocycles. The number of amides is 2. The molecule has 1 saturated heterocycles. The lowest BCUT2D eigenvalue weighted by Crippen LogP contribution is -2.69. The monoisotopic (exact) mass is 278 g/mol. The molecule has 0 aromatic rings. The molecule has 1 N–H and O–H groups in total. The van der Waals surface area contributed by atoms with Gasteiger partial charge in [0.05, 0.1) is 0 Å². The molecule has 0 radical (unpaired) electrons. The van der Waals surface area contributed by atoms with Gasteiger partial charge in [-0.05, 0) is 38.0 Å². The summed E-state index contributed by atoms with van der Waals surface area (Å²) in [6.45, 7) is 2.80. The fourth-order valence-electron chi connectivity index (χ4n) is 4.34. The van der Waals surface area contributed by atoms with Gasteiger partial charge in [-0.2, -0.15) is 0 Å². The van der Waals surface area contributed by atoms with E-state index >= 15 is 0 Å². The summed E-state index contributed by atoms with van der Waals surface area (Å²) in [5.74, 6) is 0.887. The van der Waals surface area contributed by atoms with Crippen molar-refractivity contribution >= 4 is 11.8 Å². The van der Waals surface area contributed by atoms with Gasteiger partial charge in [0.25, 0.3) is 0 Å². The molecule has 0 aromatic heterocycles. The Morgan fingerprint density at radius 2 is 1.80 bits per heavy atom. The fourth-order valence-corrected chi connectivity index (χ4v) is 4.34. The standard InChI is InChI=1S/C16H26N2O2/c1-2-13-14(19)17-16(9-5-6-10-16)15(20)18(13)11-12-7-3-4-8-12/h12-13H,2-11H2,1H3,(H,17,19). The van der Waals surface area contributed by atoms with Crippen LogP contribution >= 0.6 is 0 Å².